The molecule has 2 aromatic rings. The molecule has 0 radical (unpaired) electrons. The molecule has 5 rings (SSSR count). The van der Waals surface area contributed by atoms with Gasteiger partial charge in [-0.2, -0.15) is 0 Å². The number of halogens is 1. The van der Waals surface area contributed by atoms with E-state index in [1.165, 1.54) is 5.57 Å². The van der Waals surface area contributed by atoms with Crippen LogP contribution in [-0.4, -0.2) is 65.7 Å². The van der Waals surface area contributed by atoms with Crippen LogP contribution in [0.3, 0.4) is 0 Å². The minimum atomic E-state index is -0.911. The predicted molar refractivity (Wildman–Crippen MR) is 171 cm³/mol. The number of ether oxygens (including phenoxy) is 1. The topological polar surface area (TPSA) is 65.0 Å². The van der Waals surface area contributed by atoms with E-state index in [9.17, 15) is 9.90 Å². The lowest BCUT2D eigenvalue weighted by molar-refractivity contribution is -0.138. The third-order valence-corrected chi connectivity index (χ3v) is 9.73. The van der Waals surface area contributed by atoms with Crippen molar-refractivity contribution in [1.29, 1.82) is 0 Å². The number of aliphatic hydroxyl groups is 1. The maximum atomic E-state index is 13.5. The number of benzene rings is 2. The molecule has 2 aromatic carbocycles. The number of likely N-dealkylation sites (tertiary alicyclic amines) is 1. The van der Waals surface area contributed by atoms with Crippen molar-refractivity contribution in [2.24, 2.45) is 11.8 Å². The fourth-order valence-electron chi connectivity index (χ4n) is 6.71. The summed E-state index contributed by atoms with van der Waals surface area (Å²) in [6, 6.07) is 14.5. The standard InChI is InChI=1S/C35H48ClN3O3/c1-5-24(2)34(40)39(21-25-10-13-27(36)14-11-25)28-16-19-38(22-28)18-7-9-29-30-8-6-17-37-32(30)23-42-33-15-12-26(20-31(29)33)35(3,4)41/h9-15,20,24,28,30,32,37,41H,5-8,16-19,21-23H2,1-4H3/b29-9+/t24?,28-,30?,32?/m0/s1. The second-order valence-electron chi connectivity index (χ2n) is 13.0. The predicted octanol–water partition coefficient (Wildman–Crippen LogP) is 6.25. The van der Waals surface area contributed by atoms with Gasteiger partial charge < -0.3 is 25.0 Å². The van der Waals surface area contributed by atoms with Crippen LogP contribution in [0.4, 0.5) is 0 Å². The first-order chi connectivity index (χ1) is 20.1. The SMILES string of the molecule is CCC(C)C(=O)N(Cc1ccc(Cl)cc1)[C@H]1CCN(CC/C=C2/c3cc(C(C)(C)O)ccc3OCC3NCCCC23)C1. The molecule has 6 nitrogen and oxygen atoms in total. The van der Waals surface area contributed by atoms with Crippen molar-refractivity contribution in [3.8, 4) is 5.75 Å². The quantitative estimate of drug-likeness (QED) is 0.360. The van der Waals surface area contributed by atoms with E-state index in [1.807, 2.05) is 57.2 Å². The van der Waals surface area contributed by atoms with Gasteiger partial charge in [0.1, 0.15) is 12.4 Å². The van der Waals surface area contributed by atoms with Gasteiger partial charge in [-0.05, 0) is 93.5 Å². The zero-order valence-corrected chi connectivity index (χ0v) is 26.5. The second-order valence-corrected chi connectivity index (χ2v) is 13.4. The van der Waals surface area contributed by atoms with Crippen LogP contribution < -0.4 is 10.1 Å². The summed E-state index contributed by atoms with van der Waals surface area (Å²) in [7, 11) is 0. The molecule has 2 saturated heterocycles. The number of amides is 1. The smallest absolute Gasteiger partial charge is 0.225 e. The van der Waals surface area contributed by atoms with Gasteiger partial charge >= 0.3 is 0 Å². The number of hydrogen-bond acceptors (Lipinski definition) is 5. The molecule has 3 aliphatic heterocycles. The molecule has 3 aliphatic rings. The van der Waals surface area contributed by atoms with Crippen molar-refractivity contribution in [2.75, 3.05) is 32.8 Å². The van der Waals surface area contributed by atoms with E-state index in [4.69, 9.17) is 16.3 Å². The Bertz CT molecular complexity index is 1260. The van der Waals surface area contributed by atoms with E-state index in [-0.39, 0.29) is 17.9 Å². The maximum absolute atomic E-state index is 13.5. The average Bonchev–Trinajstić information content (AvgIpc) is 3.39. The number of fused-ring (bicyclic) bond motifs is 2. The van der Waals surface area contributed by atoms with Crippen LogP contribution in [0.15, 0.2) is 48.5 Å². The summed E-state index contributed by atoms with van der Waals surface area (Å²) in [6.45, 7) is 13.0. The fourth-order valence-corrected chi connectivity index (χ4v) is 6.83. The van der Waals surface area contributed by atoms with E-state index < -0.39 is 5.60 Å². The first-order valence-electron chi connectivity index (χ1n) is 15.8. The average molecular weight is 594 g/mol. The lowest BCUT2D eigenvalue weighted by Crippen LogP contribution is -2.44. The molecular formula is C35H48ClN3O3. The number of carbonyl (C=O) groups excluding carboxylic acids is 1. The summed E-state index contributed by atoms with van der Waals surface area (Å²) in [4.78, 5) is 18.1. The molecule has 0 bridgehead atoms. The number of carbonyl (C=O) groups is 1. The third-order valence-electron chi connectivity index (χ3n) is 9.48. The lowest BCUT2D eigenvalue weighted by atomic mass is 9.80. The first-order valence-corrected chi connectivity index (χ1v) is 16.2. The van der Waals surface area contributed by atoms with Crippen LogP contribution in [0, 0.1) is 11.8 Å². The first kappa shape index (κ1) is 31.1. The fraction of sp³-hybridized carbons (Fsp3) is 0.571. The molecular weight excluding hydrogens is 546 g/mol. The normalized spacial score (nSPS) is 24.4. The highest BCUT2D eigenvalue weighted by Gasteiger charge is 2.35. The van der Waals surface area contributed by atoms with E-state index in [0.717, 1.165) is 80.7 Å². The summed E-state index contributed by atoms with van der Waals surface area (Å²) >= 11 is 6.12. The van der Waals surface area contributed by atoms with Gasteiger partial charge in [0.2, 0.25) is 5.91 Å². The van der Waals surface area contributed by atoms with E-state index in [0.29, 0.717) is 30.1 Å². The Morgan fingerprint density at radius 2 is 2.02 bits per heavy atom. The van der Waals surface area contributed by atoms with Crippen molar-refractivity contribution in [2.45, 2.75) is 84.0 Å². The number of piperidine rings is 1. The van der Waals surface area contributed by atoms with Crippen LogP contribution in [-0.2, 0) is 16.9 Å². The lowest BCUT2D eigenvalue weighted by Gasteiger charge is -2.32. The van der Waals surface area contributed by atoms with Gasteiger partial charge in [-0.1, -0.05) is 49.7 Å². The Kier molecular flexibility index (Phi) is 9.99. The number of nitrogens with one attached hydrogen (secondary N) is 1. The monoisotopic (exact) mass is 593 g/mol. The highest BCUT2D eigenvalue weighted by Crippen LogP contribution is 2.41. The second kappa shape index (κ2) is 13.5. The largest absolute Gasteiger partial charge is 0.491 e. The molecule has 0 spiro atoms. The Morgan fingerprint density at radius 1 is 1.24 bits per heavy atom. The molecule has 228 valence electrons. The molecule has 4 atom stereocenters. The van der Waals surface area contributed by atoms with E-state index in [2.05, 4.69) is 34.2 Å². The van der Waals surface area contributed by atoms with E-state index >= 15 is 0 Å². The molecule has 3 unspecified atom stereocenters. The zero-order valence-electron chi connectivity index (χ0n) is 25.7. The van der Waals surface area contributed by atoms with Crippen molar-refractivity contribution in [3.63, 3.8) is 0 Å². The van der Waals surface area contributed by atoms with Gasteiger partial charge in [-0.3, -0.25) is 4.79 Å². The minimum Gasteiger partial charge on any atom is -0.491 e. The van der Waals surface area contributed by atoms with Gasteiger partial charge in [-0.15, -0.1) is 0 Å². The maximum Gasteiger partial charge on any atom is 0.225 e. The molecule has 7 heteroatoms. The number of nitrogens with zero attached hydrogens (tertiary/aromatic N) is 2. The summed E-state index contributed by atoms with van der Waals surface area (Å²) in [5.74, 6) is 1.56. The molecule has 3 heterocycles. The molecule has 2 N–H and O–H groups in total. The molecule has 0 aliphatic carbocycles. The van der Waals surface area contributed by atoms with Crippen molar-refractivity contribution in [3.05, 3.63) is 70.3 Å². The van der Waals surface area contributed by atoms with Crippen LogP contribution in [0.25, 0.3) is 5.57 Å². The number of hydrogen-bond donors (Lipinski definition) is 2. The Hall–Kier alpha value is -2.38. The van der Waals surface area contributed by atoms with Crippen LogP contribution in [0.5, 0.6) is 5.75 Å². The van der Waals surface area contributed by atoms with Crippen LogP contribution in [0.2, 0.25) is 5.02 Å². The highest BCUT2D eigenvalue weighted by atomic mass is 35.5. The number of rotatable bonds is 9. The molecule has 42 heavy (non-hydrogen) atoms. The Labute approximate surface area is 257 Å². The summed E-state index contributed by atoms with van der Waals surface area (Å²) in [5, 5.41) is 15.2. The minimum absolute atomic E-state index is 0.0134. The molecule has 0 aromatic heterocycles. The summed E-state index contributed by atoms with van der Waals surface area (Å²) in [6.07, 6.45) is 7.50. The zero-order chi connectivity index (χ0) is 29.9. The van der Waals surface area contributed by atoms with Crippen molar-refractivity contribution in [1.82, 2.24) is 15.1 Å². The highest BCUT2D eigenvalue weighted by molar-refractivity contribution is 6.30. The summed E-state index contributed by atoms with van der Waals surface area (Å²) in [5.41, 5.74) is 3.59. The Balaban J connectivity index is 1.31. The van der Waals surface area contributed by atoms with Gasteiger partial charge in [0, 0.05) is 60.7 Å². The van der Waals surface area contributed by atoms with Crippen molar-refractivity contribution >= 4 is 23.1 Å². The van der Waals surface area contributed by atoms with Gasteiger partial charge in [0.25, 0.3) is 0 Å². The van der Waals surface area contributed by atoms with E-state index in [1.54, 1.807) is 0 Å². The molecule has 2 fully saturated rings. The third kappa shape index (κ3) is 7.21. The van der Waals surface area contributed by atoms with Crippen LogP contribution >= 0.6 is 11.6 Å². The van der Waals surface area contributed by atoms with Crippen LogP contribution in [0.1, 0.15) is 76.5 Å². The van der Waals surface area contributed by atoms with Crippen molar-refractivity contribution < 1.29 is 14.6 Å². The summed E-state index contributed by atoms with van der Waals surface area (Å²) < 4.78 is 6.30. The molecule has 0 saturated carbocycles. The van der Waals surface area contributed by atoms with Gasteiger partial charge in [-0.25, -0.2) is 0 Å². The Morgan fingerprint density at radius 3 is 2.76 bits per heavy atom. The van der Waals surface area contributed by atoms with Gasteiger partial charge in [0.15, 0.2) is 0 Å². The molecule has 1 amide bonds. The van der Waals surface area contributed by atoms with Gasteiger partial charge in [0.05, 0.1) is 5.60 Å².